The molecule has 0 saturated carbocycles. The van der Waals surface area contributed by atoms with E-state index >= 15 is 0 Å². The van der Waals surface area contributed by atoms with Gasteiger partial charge < -0.3 is 14.9 Å². The zero-order valence-electron chi connectivity index (χ0n) is 11.4. The Bertz CT molecular complexity index is 139. The molecule has 0 saturated heterocycles. The SMILES string of the molecule is CCCCCCCCCCOC(O)CCCO. The van der Waals surface area contributed by atoms with Gasteiger partial charge in [0.15, 0.2) is 6.29 Å². The Morgan fingerprint density at radius 2 is 1.47 bits per heavy atom. The molecule has 3 heteroatoms. The van der Waals surface area contributed by atoms with Gasteiger partial charge in [-0.2, -0.15) is 0 Å². The summed E-state index contributed by atoms with van der Waals surface area (Å²) in [5.41, 5.74) is 0. The molecule has 0 fully saturated rings. The maximum Gasteiger partial charge on any atom is 0.154 e. The lowest BCUT2D eigenvalue weighted by Gasteiger charge is -2.10. The highest BCUT2D eigenvalue weighted by molar-refractivity contribution is 4.47. The molecule has 3 nitrogen and oxygen atoms in total. The molecule has 0 aromatic carbocycles. The van der Waals surface area contributed by atoms with Crippen molar-refractivity contribution in [2.45, 2.75) is 77.4 Å². The van der Waals surface area contributed by atoms with E-state index in [9.17, 15) is 5.11 Å². The van der Waals surface area contributed by atoms with Crippen LogP contribution in [-0.2, 0) is 4.74 Å². The van der Waals surface area contributed by atoms with Gasteiger partial charge in [0.1, 0.15) is 0 Å². The van der Waals surface area contributed by atoms with Crippen molar-refractivity contribution in [2.75, 3.05) is 13.2 Å². The lowest BCUT2D eigenvalue weighted by Crippen LogP contribution is -2.13. The van der Waals surface area contributed by atoms with Gasteiger partial charge in [-0.15, -0.1) is 0 Å². The van der Waals surface area contributed by atoms with E-state index in [2.05, 4.69) is 6.92 Å². The van der Waals surface area contributed by atoms with Gasteiger partial charge in [0.05, 0.1) is 0 Å². The second-order valence-corrected chi connectivity index (χ2v) is 4.67. The normalized spacial score (nSPS) is 12.9. The molecule has 0 heterocycles. The molecular formula is C14H30O3. The molecule has 0 aromatic rings. The van der Waals surface area contributed by atoms with E-state index in [0.29, 0.717) is 19.4 Å². The van der Waals surface area contributed by atoms with E-state index < -0.39 is 6.29 Å². The van der Waals surface area contributed by atoms with Gasteiger partial charge in [0.2, 0.25) is 0 Å². The predicted octanol–water partition coefficient (Wildman–Crippen LogP) is 3.23. The zero-order valence-corrected chi connectivity index (χ0v) is 11.4. The molecule has 2 N–H and O–H groups in total. The molecule has 17 heavy (non-hydrogen) atoms. The van der Waals surface area contributed by atoms with Crippen molar-refractivity contribution in [3.05, 3.63) is 0 Å². The fourth-order valence-corrected chi connectivity index (χ4v) is 1.80. The molecule has 0 aliphatic carbocycles. The molecule has 0 aliphatic heterocycles. The highest BCUT2D eigenvalue weighted by Gasteiger charge is 2.02. The second-order valence-electron chi connectivity index (χ2n) is 4.67. The number of unbranched alkanes of at least 4 members (excludes halogenated alkanes) is 7. The first-order valence-corrected chi connectivity index (χ1v) is 7.21. The van der Waals surface area contributed by atoms with Crippen molar-refractivity contribution < 1.29 is 14.9 Å². The third-order valence-electron chi connectivity index (χ3n) is 2.92. The van der Waals surface area contributed by atoms with E-state index in [1.807, 2.05) is 0 Å². The number of rotatable bonds is 13. The Hall–Kier alpha value is -0.120. The summed E-state index contributed by atoms with van der Waals surface area (Å²) in [6.07, 6.45) is 10.7. The second kappa shape index (κ2) is 13.9. The van der Waals surface area contributed by atoms with Gasteiger partial charge in [-0.3, -0.25) is 0 Å². The largest absolute Gasteiger partial charge is 0.396 e. The van der Waals surface area contributed by atoms with E-state index in [1.54, 1.807) is 0 Å². The van der Waals surface area contributed by atoms with E-state index in [-0.39, 0.29) is 6.61 Å². The minimum atomic E-state index is -0.688. The van der Waals surface area contributed by atoms with Crippen LogP contribution in [-0.4, -0.2) is 29.7 Å². The number of aliphatic hydroxyl groups is 2. The first-order chi connectivity index (χ1) is 8.31. The van der Waals surface area contributed by atoms with Gasteiger partial charge in [0, 0.05) is 19.6 Å². The van der Waals surface area contributed by atoms with Crippen molar-refractivity contribution in [1.82, 2.24) is 0 Å². The topological polar surface area (TPSA) is 49.7 Å². The fourth-order valence-electron chi connectivity index (χ4n) is 1.80. The fraction of sp³-hybridized carbons (Fsp3) is 1.00. The van der Waals surface area contributed by atoms with Crippen molar-refractivity contribution in [3.63, 3.8) is 0 Å². The molecular weight excluding hydrogens is 216 g/mol. The molecule has 1 unspecified atom stereocenters. The number of ether oxygens (including phenoxy) is 1. The van der Waals surface area contributed by atoms with E-state index in [1.165, 1.54) is 44.9 Å². The summed E-state index contributed by atoms with van der Waals surface area (Å²) in [4.78, 5) is 0. The Morgan fingerprint density at radius 1 is 0.882 bits per heavy atom. The van der Waals surface area contributed by atoms with Crippen LogP contribution in [0.1, 0.15) is 71.1 Å². The Kier molecular flexibility index (Phi) is 13.8. The molecule has 0 amide bonds. The maximum atomic E-state index is 9.35. The smallest absolute Gasteiger partial charge is 0.154 e. The molecule has 0 rings (SSSR count). The number of hydrogen-bond acceptors (Lipinski definition) is 3. The predicted molar refractivity (Wildman–Crippen MR) is 70.9 cm³/mol. The van der Waals surface area contributed by atoms with Crippen LogP contribution in [0, 0.1) is 0 Å². The van der Waals surface area contributed by atoms with Crippen LogP contribution in [0.4, 0.5) is 0 Å². The van der Waals surface area contributed by atoms with Crippen LogP contribution >= 0.6 is 0 Å². The average molecular weight is 246 g/mol. The van der Waals surface area contributed by atoms with Crippen molar-refractivity contribution in [1.29, 1.82) is 0 Å². The van der Waals surface area contributed by atoms with Crippen LogP contribution in [0.3, 0.4) is 0 Å². The first-order valence-electron chi connectivity index (χ1n) is 7.21. The summed E-state index contributed by atoms with van der Waals surface area (Å²) in [5, 5.41) is 17.9. The van der Waals surface area contributed by atoms with E-state index in [0.717, 1.165) is 6.42 Å². The summed E-state index contributed by atoms with van der Waals surface area (Å²) in [6.45, 7) is 3.00. The van der Waals surface area contributed by atoms with Crippen LogP contribution < -0.4 is 0 Å². The monoisotopic (exact) mass is 246 g/mol. The molecule has 0 aromatic heterocycles. The molecule has 0 spiro atoms. The van der Waals surface area contributed by atoms with E-state index in [4.69, 9.17) is 9.84 Å². The van der Waals surface area contributed by atoms with Crippen LogP contribution in [0.15, 0.2) is 0 Å². The van der Waals surface area contributed by atoms with Gasteiger partial charge >= 0.3 is 0 Å². The van der Waals surface area contributed by atoms with Crippen molar-refractivity contribution in [3.8, 4) is 0 Å². The molecule has 104 valence electrons. The van der Waals surface area contributed by atoms with Gasteiger partial charge in [-0.05, 0) is 12.8 Å². The van der Waals surface area contributed by atoms with Crippen LogP contribution in [0.2, 0.25) is 0 Å². The van der Waals surface area contributed by atoms with Crippen LogP contribution in [0.5, 0.6) is 0 Å². The zero-order chi connectivity index (χ0) is 12.8. The van der Waals surface area contributed by atoms with Gasteiger partial charge in [-0.25, -0.2) is 0 Å². The average Bonchev–Trinajstić information content (AvgIpc) is 2.34. The summed E-state index contributed by atoms with van der Waals surface area (Å²) in [7, 11) is 0. The third kappa shape index (κ3) is 13.8. The Labute approximate surface area is 106 Å². The van der Waals surface area contributed by atoms with Gasteiger partial charge in [-0.1, -0.05) is 51.9 Å². The molecule has 0 bridgehead atoms. The van der Waals surface area contributed by atoms with Crippen LogP contribution in [0.25, 0.3) is 0 Å². The number of aliphatic hydroxyl groups excluding tert-OH is 2. The minimum absolute atomic E-state index is 0.123. The third-order valence-corrected chi connectivity index (χ3v) is 2.92. The summed E-state index contributed by atoms with van der Waals surface area (Å²) >= 11 is 0. The summed E-state index contributed by atoms with van der Waals surface area (Å²) < 4.78 is 5.23. The maximum absolute atomic E-state index is 9.35. The Morgan fingerprint density at radius 3 is 2.06 bits per heavy atom. The summed E-state index contributed by atoms with van der Waals surface area (Å²) in [6, 6.07) is 0. The van der Waals surface area contributed by atoms with Crippen molar-refractivity contribution >= 4 is 0 Å². The molecule has 1 atom stereocenters. The first kappa shape index (κ1) is 16.9. The quantitative estimate of drug-likeness (QED) is 0.387. The number of hydrogen-bond donors (Lipinski definition) is 2. The Balaban J connectivity index is 3.02. The lowest BCUT2D eigenvalue weighted by molar-refractivity contribution is -0.106. The minimum Gasteiger partial charge on any atom is -0.396 e. The standard InChI is InChI=1S/C14H30O3/c1-2-3-4-5-6-7-8-9-13-17-14(16)11-10-12-15/h14-16H,2-13H2,1H3. The highest BCUT2D eigenvalue weighted by Crippen LogP contribution is 2.09. The highest BCUT2D eigenvalue weighted by atomic mass is 16.6. The lowest BCUT2D eigenvalue weighted by atomic mass is 10.1. The van der Waals surface area contributed by atoms with Gasteiger partial charge in [0.25, 0.3) is 0 Å². The molecule has 0 aliphatic rings. The summed E-state index contributed by atoms with van der Waals surface area (Å²) in [5.74, 6) is 0. The van der Waals surface area contributed by atoms with Crippen molar-refractivity contribution in [2.24, 2.45) is 0 Å². The molecule has 0 radical (unpaired) electrons.